The van der Waals surface area contributed by atoms with Crippen LogP contribution in [-0.2, 0) is 4.79 Å². The first-order valence-electron chi connectivity index (χ1n) is 10.9. The van der Waals surface area contributed by atoms with E-state index < -0.39 is 0 Å². The smallest absolute Gasteiger partial charge is 0.244 e. The summed E-state index contributed by atoms with van der Waals surface area (Å²) >= 11 is 0. The number of carbonyl (C=O) groups is 2. The second-order valence-corrected chi connectivity index (χ2v) is 8.08. The van der Waals surface area contributed by atoms with Crippen LogP contribution in [0.25, 0.3) is 11.4 Å². The van der Waals surface area contributed by atoms with Gasteiger partial charge >= 0.3 is 0 Å². The van der Waals surface area contributed by atoms with Crippen LogP contribution in [0, 0.1) is 6.92 Å². The van der Waals surface area contributed by atoms with Crippen molar-refractivity contribution in [2.45, 2.75) is 32.7 Å². The summed E-state index contributed by atoms with van der Waals surface area (Å²) in [5.41, 5.74) is 2.65. The average molecular weight is 434 g/mol. The van der Waals surface area contributed by atoms with Gasteiger partial charge in [-0.05, 0) is 26.0 Å². The number of Topliss-reactive ketones (excluding diaryl/α,β-unsaturated/α-hetero) is 1. The Morgan fingerprint density at radius 1 is 1.06 bits per heavy atom. The van der Waals surface area contributed by atoms with Crippen LogP contribution in [0.2, 0.25) is 0 Å². The number of ketones is 1. The maximum absolute atomic E-state index is 12.6. The molecule has 0 aliphatic carbocycles. The fraction of sp³-hybridized carbons (Fsp3) is 0.375. The molecule has 1 saturated heterocycles. The molecular weight excluding hydrogens is 406 g/mol. The molecule has 2 aromatic heterocycles. The summed E-state index contributed by atoms with van der Waals surface area (Å²) in [6.07, 6.45) is 3.58. The van der Waals surface area contributed by atoms with Gasteiger partial charge in [-0.2, -0.15) is 4.98 Å². The highest BCUT2D eigenvalue weighted by atomic mass is 16.5. The Kier molecular flexibility index (Phi) is 6.70. The van der Waals surface area contributed by atoms with Gasteiger partial charge in [0.2, 0.25) is 17.6 Å². The van der Waals surface area contributed by atoms with Crippen LogP contribution in [0.3, 0.4) is 0 Å². The molecule has 3 heterocycles. The lowest BCUT2D eigenvalue weighted by molar-refractivity contribution is -0.133. The third-order valence-corrected chi connectivity index (χ3v) is 5.87. The SMILES string of the molecule is Cc1ccc(-c2noc(C(C)N3CCN(C(=O)CCC(=O)c4cccnc4)CC3)n2)cc1. The molecule has 3 aromatic rings. The molecule has 1 amide bonds. The molecule has 166 valence electrons. The van der Waals surface area contributed by atoms with E-state index in [4.69, 9.17) is 4.52 Å². The first-order valence-corrected chi connectivity index (χ1v) is 10.9. The Labute approximate surface area is 187 Å². The Morgan fingerprint density at radius 2 is 1.81 bits per heavy atom. The van der Waals surface area contributed by atoms with Gasteiger partial charge in [0.15, 0.2) is 5.78 Å². The predicted octanol–water partition coefficient (Wildman–Crippen LogP) is 3.31. The van der Waals surface area contributed by atoms with Gasteiger partial charge in [-0.3, -0.25) is 19.5 Å². The molecule has 0 spiro atoms. The van der Waals surface area contributed by atoms with Crippen LogP contribution in [0.5, 0.6) is 0 Å². The van der Waals surface area contributed by atoms with Gasteiger partial charge in [-0.1, -0.05) is 35.0 Å². The molecule has 8 nitrogen and oxygen atoms in total. The summed E-state index contributed by atoms with van der Waals surface area (Å²) in [7, 11) is 0. The molecule has 1 aliphatic heterocycles. The molecular formula is C24H27N5O3. The Balaban J connectivity index is 1.27. The number of amides is 1. The summed E-state index contributed by atoms with van der Waals surface area (Å²) in [5.74, 6) is 1.11. The number of carbonyl (C=O) groups excluding carboxylic acids is 2. The van der Waals surface area contributed by atoms with Crippen LogP contribution in [0.15, 0.2) is 53.3 Å². The highest BCUT2D eigenvalue weighted by molar-refractivity contribution is 5.97. The van der Waals surface area contributed by atoms with Crippen molar-refractivity contribution in [1.29, 1.82) is 0 Å². The van der Waals surface area contributed by atoms with Gasteiger partial charge in [0, 0.05) is 62.5 Å². The molecule has 0 bridgehead atoms. The molecule has 32 heavy (non-hydrogen) atoms. The molecule has 1 atom stereocenters. The van der Waals surface area contributed by atoms with Gasteiger partial charge in [0.05, 0.1) is 6.04 Å². The number of piperazine rings is 1. The minimum atomic E-state index is -0.0560. The number of hydrogen-bond donors (Lipinski definition) is 0. The molecule has 8 heteroatoms. The zero-order valence-corrected chi connectivity index (χ0v) is 18.4. The van der Waals surface area contributed by atoms with Crippen LogP contribution < -0.4 is 0 Å². The standard InChI is InChI=1S/C24H27N5O3/c1-17-5-7-19(8-6-17)23-26-24(32-27-23)18(2)28-12-14-29(15-13-28)22(31)10-9-21(30)20-4-3-11-25-16-20/h3-8,11,16,18H,9-10,12-15H2,1-2H3. The molecule has 1 fully saturated rings. The van der Waals surface area contributed by atoms with Crippen LogP contribution in [0.1, 0.15) is 47.6 Å². The van der Waals surface area contributed by atoms with Gasteiger partial charge < -0.3 is 9.42 Å². The lowest BCUT2D eigenvalue weighted by Gasteiger charge is -2.36. The summed E-state index contributed by atoms with van der Waals surface area (Å²) in [6, 6.07) is 11.4. The fourth-order valence-electron chi connectivity index (χ4n) is 3.79. The Hall–Kier alpha value is -3.39. The highest BCUT2D eigenvalue weighted by Crippen LogP contribution is 2.24. The first-order chi connectivity index (χ1) is 15.5. The molecule has 0 N–H and O–H groups in total. The van der Waals surface area contributed by atoms with E-state index in [-0.39, 0.29) is 30.6 Å². The maximum atomic E-state index is 12.6. The van der Waals surface area contributed by atoms with Crippen LogP contribution in [-0.4, -0.2) is 62.8 Å². The molecule has 1 unspecified atom stereocenters. The molecule has 1 aromatic carbocycles. The number of rotatable bonds is 7. The Morgan fingerprint density at radius 3 is 2.50 bits per heavy atom. The number of aryl methyl sites for hydroxylation is 1. The topological polar surface area (TPSA) is 92.4 Å². The minimum Gasteiger partial charge on any atom is -0.340 e. The largest absolute Gasteiger partial charge is 0.340 e. The molecule has 0 radical (unpaired) electrons. The van der Waals surface area contributed by atoms with Crippen molar-refractivity contribution >= 4 is 11.7 Å². The average Bonchev–Trinajstić information content (AvgIpc) is 3.33. The van der Waals surface area contributed by atoms with E-state index in [2.05, 4.69) is 20.0 Å². The van der Waals surface area contributed by atoms with Crippen LogP contribution >= 0.6 is 0 Å². The number of pyridine rings is 1. The van der Waals surface area contributed by atoms with E-state index in [1.165, 1.54) is 11.8 Å². The van der Waals surface area contributed by atoms with Gasteiger partial charge in [-0.25, -0.2) is 0 Å². The van der Waals surface area contributed by atoms with E-state index in [0.29, 0.717) is 43.5 Å². The van der Waals surface area contributed by atoms with Gasteiger partial charge in [0.1, 0.15) is 0 Å². The lowest BCUT2D eigenvalue weighted by Crippen LogP contribution is -2.49. The third-order valence-electron chi connectivity index (χ3n) is 5.87. The minimum absolute atomic E-state index is 0.00832. The van der Waals surface area contributed by atoms with Crippen LogP contribution in [0.4, 0.5) is 0 Å². The predicted molar refractivity (Wildman–Crippen MR) is 119 cm³/mol. The van der Waals surface area contributed by atoms with Gasteiger partial charge in [0.25, 0.3) is 0 Å². The van der Waals surface area contributed by atoms with Crippen molar-refractivity contribution in [2.75, 3.05) is 26.2 Å². The highest BCUT2D eigenvalue weighted by Gasteiger charge is 2.28. The van der Waals surface area contributed by atoms with Crippen molar-refractivity contribution in [3.63, 3.8) is 0 Å². The number of aromatic nitrogens is 3. The third kappa shape index (κ3) is 5.08. The van der Waals surface area contributed by atoms with Crippen molar-refractivity contribution in [3.8, 4) is 11.4 Å². The fourth-order valence-corrected chi connectivity index (χ4v) is 3.79. The molecule has 4 rings (SSSR count). The Bertz CT molecular complexity index is 1060. The summed E-state index contributed by atoms with van der Waals surface area (Å²) in [6.45, 7) is 6.73. The quantitative estimate of drug-likeness (QED) is 0.528. The normalized spacial score (nSPS) is 15.5. The van der Waals surface area contributed by atoms with Gasteiger partial charge in [-0.15, -0.1) is 0 Å². The van der Waals surface area contributed by atoms with Crippen molar-refractivity contribution in [3.05, 3.63) is 65.8 Å². The molecule has 0 saturated carbocycles. The molecule has 1 aliphatic rings. The van der Waals surface area contributed by atoms with E-state index >= 15 is 0 Å². The first kappa shape index (κ1) is 21.8. The number of nitrogens with zero attached hydrogens (tertiary/aromatic N) is 5. The van der Waals surface area contributed by atoms with E-state index in [1.54, 1.807) is 18.3 Å². The second-order valence-electron chi connectivity index (χ2n) is 8.08. The number of hydrogen-bond acceptors (Lipinski definition) is 7. The monoisotopic (exact) mass is 433 g/mol. The van der Waals surface area contributed by atoms with Crippen molar-refractivity contribution in [2.24, 2.45) is 0 Å². The zero-order valence-electron chi connectivity index (χ0n) is 18.4. The van der Waals surface area contributed by atoms with E-state index in [1.807, 2.05) is 43.0 Å². The van der Waals surface area contributed by atoms with E-state index in [0.717, 1.165) is 5.56 Å². The summed E-state index contributed by atoms with van der Waals surface area (Å²) in [4.78, 5) is 37.4. The lowest BCUT2D eigenvalue weighted by atomic mass is 10.1. The number of benzene rings is 1. The summed E-state index contributed by atoms with van der Waals surface area (Å²) < 4.78 is 5.52. The van der Waals surface area contributed by atoms with E-state index in [9.17, 15) is 9.59 Å². The second kappa shape index (κ2) is 9.82. The van der Waals surface area contributed by atoms with Crippen molar-refractivity contribution in [1.82, 2.24) is 24.9 Å². The van der Waals surface area contributed by atoms with Crippen molar-refractivity contribution < 1.29 is 14.1 Å². The zero-order chi connectivity index (χ0) is 22.5. The summed E-state index contributed by atoms with van der Waals surface area (Å²) in [5, 5.41) is 4.13. The maximum Gasteiger partial charge on any atom is 0.244 e.